The van der Waals surface area contributed by atoms with E-state index in [2.05, 4.69) is 9.97 Å². The molecule has 1 aromatic heterocycles. The number of aliphatic hydroxyl groups is 1. The number of aliphatic hydroxyl groups excluding tert-OH is 1. The maximum atomic E-state index is 11.5. The van der Waals surface area contributed by atoms with Gasteiger partial charge < -0.3 is 5.11 Å². The SMILES string of the molecule is O=C1CC(CO)CN1c1cnc(Cl)cn1. The van der Waals surface area contributed by atoms with Crippen LogP contribution in [0.2, 0.25) is 5.15 Å². The maximum Gasteiger partial charge on any atom is 0.228 e. The highest BCUT2D eigenvalue weighted by Crippen LogP contribution is 2.22. The second-order valence-corrected chi connectivity index (χ2v) is 3.84. The lowest BCUT2D eigenvalue weighted by Gasteiger charge is -2.14. The van der Waals surface area contributed by atoms with Gasteiger partial charge >= 0.3 is 0 Å². The molecule has 0 aromatic carbocycles. The van der Waals surface area contributed by atoms with Gasteiger partial charge in [0.15, 0.2) is 5.82 Å². The van der Waals surface area contributed by atoms with Crippen molar-refractivity contribution in [2.75, 3.05) is 18.1 Å². The van der Waals surface area contributed by atoms with E-state index in [4.69, 9.17) is 16.7 Å². The van der Waals surface area contributed by atoms with Crippen LogP contribution in [0.15, 0.2) is 12.4 Å². The van der Waals surface area contributed by atoms with E-state index in [9.17, 15) is 4.79 Å². The summed E-state index contributed by atoms with van der Waals surface area (Å²) in [5.41, 5.74) is 0. The summed E-state index contributed by atoms with van der Waals surface area (Å²) in [7, 11) is 0. The first-order chi connectivity index (χ1) is 7.20. The molecule has 15 heavy (non-hydrogen) atoms. The van der Waals surface area contributed by atoms with Crippen LogP contribution < -0.4 is 4.90 Å². The van der Waals surface area contributed by atoms with E-state index >= 15 is 0 Å². The molecule has 2 rings (SSSR count). The Labute approximate surface area is 91.7 Å². The van der Waals surface area contributed by atoms with E-state index < -0.39 is 0 Å². The maximum absolute atomic E-state index is 11.5. The average Bonchev–Trinajstić information content (AvgIpc) is 2.61. The normalized spacial score (nSPS) is 21.1. The third-order valence-corrected chi connectivity index (χ3v) is 2.54. The van der Waals surface area contributed by atoms with Gasteiger partial charge in [-0.25, -0.2) is 9.97 Å². The zero-order chi connectivity index (χ0) is 10.8. The van der Waals surface area contributed by atoms with Crippen molar-refractivity contribution in [2.45, 2.75) is 6.42 Å². The molecule has 0 saturated carbocycles. The summed E-state index contributed by atoms with van der Waals surface area (Å²) in [4.78, 5) is 20.9. The van der Waals surface area contributed by atoms with Gasteiger partial charge in [0.25, 0.3) is 0 Å². The van der Waals surface area contributed by atoms with Gasteiger partial charge in [-0.1, -0.05) is 11.6 Å². The lowest BCUT2D eigenvalue weighted by Crippen LogP contribution is -2.25. The minimum Gasteiger partial charge on any atom is -0.396 e. The van der Waals surface area contributed by atoms with Gasteiger partial charge in [-0.15, -0.1) is 0 Å². The number of carbonyl (C=O) groups is 1. The molecule has 1 aliphatic rings. The number of aromatic nitrogens is 2. The van der Waals surface area contributed by atoms with E-state index in [1.165, 1.54) is 17.3 Å². The van der Waals surface area contributed by atoms with Crippen LogP contribution in [0.1, 0.15) is 6.42 Å². The molecule has 1 N–H and O–H groups in total. The molecule has 5 nitrogen and oxygen atoms in total. The van der Waals surface area contributed by atoms with E-state index in [0.717, 1.165) is 0 Å². The minimum atomic E-state index is -0.0364. The Morgan fingerprint density at radius 2 is 2.33 bits per heavy atom. The van der Waals surface area contributed by atoms with Gasteiger partial charge in [0.1, 0.15) is 5.15 Å². The largest absolute Gasteiger partial charge is 0.396 e. The molecule has 0 bridgehead atoms. The predicted molar refractivity (Wildman–Crippen MR) is 54.6 cm³/mol. The topological polar surface area (TPSA) is 66.3 Å². The number of carbonyl (C=O) groups excluding carboxylic acids is 1. The molecule has 0 radical (unpaired) electrons. The number of amides is 1. The summed E-state index contributed by atoms with van der Waals surface area (Å²) < 4.78 is 0. The molecule has 1 atom stereocenters. The van der Waals surface area contributed by atoms with Crippen molar-refractivity contribution >= 4 is 23.3 Å². The molecule has 1 amide bonds. The summed E-state index contributed by atoms with van der Waals surface area (Å²) in [6.45, 7) is 0.509. The number of halogens is 1. The Morgan fingerprint density at radius 3 is 2.87 bits per heavy atom. The molecule has 1 aliphatic heterocycles. The molecule has 80 valence electrons. The summed E-state index contributed by atoms with van der Waals surface area (Å²) in [6, 6.07) is 0. The van der Waals surface area contributed by atoms with Crippen LogP contribution in [0.25, 0.3) is 0 Å². The molecule has 1 aromatic rings. The molecular formula is C9H10ClN3O2. The zero-order valence-corrected chi connectivity index (χ0v) is 8.68. The van der Waals surface area contributed by atoms with Crippen LogP contribution in [0.5, 0.6) is 0 Å². The Kier molecular flexibility index (Phi) is 2.83. The summed E-state index contributed by atoms with van der Waals surface area (Å²) >= 11 is 5.59. The van der Waals surface area contributed by atoms with Gasteiger partial charge in [0.2, 0.25) is 5.91 Å². The lowest BCUT2D eigenvalue weighted by atomic mass is 10.1. The average molecular weight is 228 g/mol. The molecule has 0 aliphatic carbocycles. The Morgan fingerprint density at radius 1 is 1.53 bits per heavy atom. The Bertz CT molecular complexity index is 368. The van der Waals surface area contributed by atoms with Gasteiger partial charge in [-0.05, 0) is 0 Å². The van der Waals surface area contributed by atoms with Gasteiger partial charge in [0.05, 0.1) is 12.4 Å². The number of nitrogens with zero attached hydrogens (tertiary/aromatic N) is 3. The summed E-state index contributed by atoms with van der Waals surface area (Å²) in [5.74, 6) is 0.445. The fourth-order valence-electron chi connectivity index (χ4n) is 1.57. The third-order valence-electron chi connectivity index (χ3n) is 2.35. The molecule has 1 saturated heterocycles. The highest BCUT2D eigenvalue weighted by atomic mass is 35.5. The van der Waals surface area contributed by atoms with Crippen molar-refractivity contribution in [2.24, 2.45) is 5.92 Å². The van der Waals surface area contributed by atoms with Crippen LogP contribution in [0.4, 0.5) is 5.82 Å². The molecule has 0 spiro atoms. The van der Waals surface area contributed by atoms with Crippen molar-refractivity contribution in [1.29, 1.82) is 0 Å². The zero-order valence-electron chi connectivity index (χ0n) is 7.93. The molecule has 1 unspecified atom stereocenters. The summed E-state index contributed by atoms with van der Waals surface area (Å²) in [6.07, 6.45) is 3.22. The molecule has 2 heterocycles. The van der Waals surface area contributed by atoms with E-state index in [-0.39, 0.29) is 18.4 Å². The molecule has 6 heteroatoms. The van der Waals surface area contributed by atoms with Crippen molar-refractivity contribution in [3.8, 4) is 0 Å². The van der Waals surface area contributed by atoms with Crippen LogP contribution in [0.3, 0.4) is 0 Å². The number of hydrogen-bond acceptors (Lipinski definition) is 4. The first-order valence-electron chi connectivity index (χ1n) is 4.59. The highest BCUT2D eigenvalue weighted by Gasteiger charge is 2.30. The quantitative estimate of drug-likeness (QED) is 0.798. The van der Waals surface area contributed by atoms with E-state index in [1.54, 1.807) is 0 Å². The first-order valence-corrected chi connectivity index (χ1v) is 4.97. The predicted octanol–water partition coefficient (Wildman–Crippen LogP) is 0.475. The second-order valence-electron chi connectivity index (χ2n) is 3.45. The highest BCUT2D eigenvalue weighted by molar-refractivity contribution is 6.29. The monoisotopic (exact) mass is 227 g/mol. The van der Waals surface area contributed by atoms with E-state index in [0.29, 0.717) is 23.9 Å². The van der Waals surface area contributed by atoms with Crippen molar-refractivity contribution in [1.82, 2.24) is 9.97 Å². The Balaban J connectivity index is 2.18. The van der Waals surface area contributed by atoms with Crippen LogP contribution in [0, 0.1) is 5.92 Å². The van der Waals surface area contributed by atoms with Gasteiger partial charge in [-0.3, -0.25) is 9.69 Å². The molecule has 1 fully saturated rings. The smallest absolute Gasteiger partial charge is 0.228 e. The fraction of sp³-hybridized carbons (Fsp3) is 0.444. The first kappa shape index (κ1) is 10.3. The standard InChI is InChI=1S/C9H10ClN3O2/c10-7-2-12-8(3-11-7)13-4-6(5-14)1-9(13)15/h2-3,6,14H,1,4-5H2. The fourth-order valence-corrected chi connectivity index (χ4v) is 1.67. The number of rotatable bonds is 2. The van der Waals surface area contributed by atoms with Crippen LogP contribution in [-0.4, -0.2) is 34.1 Å². The number of hydrogen-bond donors (Lipinski definition) is 1. The van der Waals surface area contributed by atoms with Crippen molar-refractivity contribution in [3.63, 3.8) is 0 Å². The minimum absolute atomic E-state index is 0.00465. The van der Waals surface area contributed by atoms with Crippen molar-refractivity contribution in [3.05, 3.63) is 17.5 Å². The van der Waals surface area contributed by atoms with Gasteiger partial charge in [0, 0.05) is 25.5 Å². The summed E-state index contributed by atoms with van der Waals surface area (Å²) in [5, 5.41) is 9.25. The van der Waals surface area contributed by atoms with Crippen LogP contribution >= 0.6 is 11.6 Å². The third kappa shape index (κ3) is 2.08. The molecular weight excluding hydrogens is 218 g/mol. The number of anilines is 1. The van der Waals surface area contributed by atoms with Crippen LogP contribution in [-0.2, 0) is 4.79 Å². The van der Waals surface area contributed by atoms with Crippen molar-refractivity contribution < 1.29 is 9.90 Å². The van der Waals surface area contributed by atoms with E-state index in [1.807, 2.05) is 0 Å². The second kappa shape index (κ2) is 4.12. The lowest BCUT2D eigenvalue weighted by molar-refractivity contribution is -0.117. The van der Waals surface area contributed by atoms with Gasteiger partial charge in [-0.2, -0.15) is 0 Å². The Hall–Kier alpha value is -1.20.